The fraction of sp³-hybridized carbons (Fsp3) is 0.0417. The van der Waals surface area contributed by atoms with E-state index in [0.29, 0.717) is 28.3 Å². The molecule has 2 aliphatic rings. The number of benzene rings is 2. The number of fused-ring (bicyclic) bond motifs is 1. The van der Waals surface area contributed by atoms with Gasteiger partial charge in [0, 0.05) is 16.8 Å². The van der Waals surface area contributed by atoms with Gasteiger partial charge in [-0.3, -0.25) is 14.6 Å². The standard InChI is InChI=1S/C24H19NO3/c1-16-2-5-18-6-7-19(15-26)22-12-3-17(14-23(18)22)4-13-24(16)28-27-21-10-8-20(25)9-11-21/h2-13,15H,1,14,25H2. The van der Waals surface area contributed by atoms with Crippen LogP contribution >= 0.6 is 0 Å². The van der Waals surface area contributed by atoms with Gasteiger partial charge in [-0.15, -0.1) is 0 Å². The van der Waals surface area contributed by atoms with Crippen molar-refractivity contribution in [1.82, 2.24) is 0 Å². The molecule has 0 spiro atoms. The first-order valence-corrected chi connectivity index (χ1v) is 8.91. The number of anilines is 1. The molecule has 0 amide bonds. The van der Waals surface area contributed by atoms with Crippen LogP contribution in [0, 0.1) is 0 Å². The molecule has 0 fully saturated rings. The molecule has 4 heteroatoms. The number of carbonyl (C=O) groups excluding carboxylic acids is 1. The van der Waals surface area contributed by atoms with Crippen LogP contribution in [0.2, 0.25) is 0 Å². The molecule has 2 N–H and O–H groups in total. The van der Waals surface area contributed by atoms with Gasteiger partial charge in [0.15, 0.2) is 17.8 Å². The summed E-state index contributed by atoms with van der Waals surface area (Å²) in [6, 6.07) is 10.8. The van der Waals surface area contributed by atoms with E-state index >= 15 is 0 Å². The minimum Gasteiger partial charge on any atom is -0.399 e. The minimum absolute atomic E-state index is 0.507. The molecular formula is C24H19NO3. The first-order valence-electron chi connectivity index (χ1n) is 8.91. The number of rotatable bonds is 4. The second-order valence-corrected chi connectivity index (χ2v) is 6.63. The Balaban J connectivity index is 1.65. The molecule has 4 rings (SSSR count). The van der Waals surface area contributed by atoms with Gasteiger partial charge in [0.1, 0.15) is 0 Å². The summed E-state index contributed by atoms with van der Waals surface area (Å²) in [6.45, 7) is 4.08. The molecular weight excluding hydrogens is 350 g/mol. The van der Waals surface area contributed by atoms with Crippen LogP contribution in [-0.2, 0) is 11.3 Å². The molecule has 138 valence electrons. The van der Waals surface area contributed by atoms with Crippen molar-refractivity contribution in [2.75, 3.05) is 5.73 Å². The van der Waals surface area contributed by atoms with Crippen LogP contribution in [0.3, 0.4) is 0 Å². The van der Waals surface area contributed by atoms with E-state index < -0.39 is 0 Å². The molecule has 4 nitrogen and oxygen atoms in total. The van der Waals surface area contributed by atoms with E-state index in [-0.39, 0.29) is 0 Å². The highest BCUT2D eigenvalue weighted by Gasteiger charge is 2.16. The van der Waals surface area contributed by atoms with Crippen molar-refractivity contribution in [3.8, 4) is 5.75 Å². The van der Waals surface area contributed by atoms with Gasteiger partial charge in [-0.05, 0) is 59.0 Å². The molecule has 0 atom stereocenters. The molecule has 2 aromatic carbocycles. The zero-order valence-corrected chi connectivity index (χ0v) is 15.2. The Morgan fingerprint density at radius 2 is 1.75 bits per heavy atom. The van der Waals surface area contributed by atoms with Gasteiger partial charge in [-0.2, -0.15) is 0 Å². The minimum atomic E-state index is 0.507. The van der Waals surface area contributed by atoms with Crippen LogP contribution in [0.5, 0.6) is 5.75 Å². The third kappa shape index (κ3) is 3.53. The SMILES string of the molecule is C=C1C=Cc2ccc(C=O)c3c2CC(=CC=C1OOc1ccc(N)cc1)C=C3. The third-order valence-corrected chi connectivity index (χ3v) is 4.74. The topological polar surface area (TPSA) is 61.5 Å². The first kappa shape index (κ1) is 17.6. The number of hydrogen-bond donors (Lipinski definition) is 1. The molecule has 0 unspecified atom stereocenters. The number of carbonyl (C=O) groups is 1. The second kappa shape index (κ2) is 7.45. The van der Waals surface area contributed by atoms with Crippen LogP contribution in [0.4, 0.5) is 5.69 Å². The molecule has 0 radical (unpaired) electrons. The number of nitrogens with two attached hydrogens (primary N) is 1. The molecule has 28 heavy (non-hydrogen) atoms. The lowest BCUT2D eigenvalue weighted by Gasteiger charge is -2.18. The van der Waals surface area contributed by atoms with Gasteiger partial charge in [0.05, 0.1) is 0 Å². The number of aldehydes is 1. The van der Waals surface area contributed by atoms with E-state index in [4.69, 9.17) is 15.5 Å². The lowest BCUT2D eigenvalue weighted by Crippen LogP contribution is -2.05. The van der Waals surface area contributed by atoms with Crippen LogP contribution in [0.25, 0.3) is 12.2 Å². The zero-order chi connectivity index (χ0) is 19.5. The van der Waals surface area contributed by atoms with Crippen LogP contribution in [0.1, 0.15) is 27.0 Å². The summed E-state index contributed by atoms with van der Waals surface area (Å²) in [5, 5.41) is 0. The number of nitrogen functional groups attached to an aromatic ring is 1. The monoisotopic (exact) mass is 369 g/mol. The predicted molar refractivity (Wildman–Crippen MR) is 111 cm³/mol. The quantitative estimate of drug-likeness (QED) is 0.354. The highest BCUT2D eigenvalue weighted by atomic mass is 17.2. The molecule has 0 saturated carbocycles. The van der Waals surface area contributed by atoms with Gasteiger partial charge in [0.25, 0.3) is 0 Å². The lowest BCUT2D eigenvalue weighted by molar-refractivity contribution is -0.162. The molecule has 2 bridgehead atoms. The molecule has 0 aromatic heterocycles. The van der Waals surface area contributed by atoms with Gasteiger partial charge in [-0.1, -0.05) is 49.1 Å². The van der Waals surface area contributed by atoms with Crippen molar-refractivity contribution < 1.29 is 14.6 Å². The summed E-state index contributed by atoms with van der Waals surface area (Å²) in [4.78, 5) is 22.3. The van der Waals surface area contributed by atoms with E-state index in [1.165, 1.54) is 0 Å². The Labute approximate surface area is 163 Å². The lowest BCUT2D eigenvalue weighted by atomic mass is 9.86. The fourth-order valence-electron chi connectivity index (χ4n) is 3.18. The average molecular weight is 369 g/mol. The van der Waals surface area contributed by atoms with Crippen molar-refractivity contribution in [2.24, 2.45) is 0 Å². The highest BCUT2D eigenvalue weighted by Crippen LogP contribution is 2.30. The van der Waals surface area contributed by atoms with Crippen molar-refractivity contribution in [3.05, 3.63) is 106 Å². The normalized spacial score (nSPS) is 14.8. The van der Waals surface area contributed by atoms with Crippen molar-refractivity contribution >= 4 is 24.1 Å². The Kier molecular flexibility index (Phi) is 4.68. The summed E-state index contributed by atoms with van der Waals surface area (Å²) in [7, 11) is 0. The van der Waals surface area contributed by atoms with Gasteiger partial charge < -0.3 is 5.73 Å². The smallest absolute Gasteiger partial charge is 0.185 e. The molecule has 0 saturated heterocycles. The zero-order valence-electron chi connectivity index (χ0n) is 15.2. The Morgan fingerprint density at radius 1 is 0.929 bits per heavy atom. The van der Waals surface area contributed by atoms with Gasteiger partial charge in [0.2, 0.25) is 0 Å². The summed E-state index contributed by atoms with van der Waals surface area (Å²) in [5.74, 6) is 1.05. The van der Waals surface area contributed by atoms with Crippen LogP contribution in [0.15, 0.2) is 84.2 Å². The molecule has 2 aliphatic carbocycles. The number of hydrogen-bond acceptors (Lipinski definition) is 4. The van der Waals surface area contributed by atoms with E-state index in [9.17, 15) is 4.79 Å². The Hall–Kier alpha value is -3.79. The third-order valence-electron chi connectivity index (χ3n) is 4.74. The largest absolute Gasteiger partial charge is 0.399 e. The second-order valence-electron chi connectivity index (χ2n) is 6.63. The Bertz CT molecular complexity index is 1070. The molecule has 2 aromatic rings. The van der Waals surface area contributed by atoms with Crippen molar-refractivity contribution in [3.63, 3.8) is 0 Å². The first-order chi connectivity index (χ1) is 13.6. The van der Waals surface area contributed by atoms with E-state index in [0.717, 1.165) is 35.0 Å². The van der Waals surface area contributed by atoms with Crippen LogP contribution < -0.4 is 10.6 Å². The van der Waals surface area contributed by atoms with Crippen molar-refractivity contribution in [1.29, 1.82) is 0 Å². The maximum Gasteiger partial charge on any atom is 0.185 e. The van der Waals surface area contributed by atoms with Crippen molar-refractivity contribution in [2.45, 2.75) is 6.42 Å². The van der Waals surface area contributed by atoms with E-state index in [2.05, 4.69) is 6.58 Å². The van der Waals surface area contributed by atoms with Gasteiger partial charge in [-0.25, -0.2) is 0 Å². The fourth-order valence-corrected chi connectivity index (χ4v) is 3.18. The van der Waals surface area contributed by atoms with E-state index in [1.54, 1.807) is 24.3 Å². The Morgan fingerprint density at radius 3 is 2.54 bits per heavy atom. The molecule has 0 aliphatic heterocycles. The summed E-state index contributed by atoms with van der Waals surface area (Å²) >= 11 is 0. The highest BCUT2D eigenvalue weighted by molar-refractivity contribution is 5.86. The summed E-state index contributed by atoms with van der Waals surface area (Å²) < 4.78 is 0. The van der Waals surface area contributed by atoms with E-state index in [1.807, 2.05) is 48.6 Å². The maximum absolute atomic E-state index is 11.3. The molecule has 0 heterocycles. The maximum atomic E-state index is 11.3. The number of allylic oxidation sites excluding steroid dienone is 5. The van der Waals surface area contributed by atoms with Crippen LogP contribution in [-0.4, -0.2) is 6.29 Å². The predicted octanol–water partition coefficient (Wildman–Crippen LogP) is 5.05. The summed E-state index contributed by atoms with van der Waals surface area (Å²) in [5.41, 5.74) is 12.0. The van der Waals surface area contributed by atoms with Gasteiger partial charge >= 0.3 is 0 Å². The summed E-state index contributed by atoms with van der Waals surface area (Å²) in [6.07, 6.45) is 13.3. The average Bonchev–Trinajstić information content (AvgIpc) is 2.72.